The third kappa shape index (κ3) is 0.865. The van der Waals surface area contributed by atoms with Gasteiger partial charge in [0.2, 0.25) is 6.08 Å². The predicted octanol–water partition coefficient (Wildman–Crippen LogP) is 2.03. The Kier molecular flexibility index (Phi) is 1.27. The highest BCUT2D eigenvalue weighted by Crippen LogP contribution is 2.53. The second kappa shape index (κ2) is 2.05. The van der Waals surface area contributed by atoms with Crippen LogP contribution in [0.1, 0.15) is 26.2 Å². The quantitative estimate of drug-likeness (QED) is 0.414. The summed E-state index contributed by atoms with van der Waals surface area (Å²) in [6.45, 7) is 2.19. The summed E-state index contributed by atoms with van der Waals surface area (Å²) in [5, 5.41) is 0. The van der Waals surface area contributed by atoms with Crippen molar-refractivity contribution in [3.8, 4) is 0 Å². The molecule has 0 spiro atoms. The maximum atomic E-state index is 10.0. The summed E-state index contributed by atoms with van der Waals surface area (Å²) in [7, 11) is 0. The lowest BCUT2D eigenvalue weighted by atomic mass is 9.87. The Balaban J connectivity index is 2.35. The minimum Gasteiger partial charge on any atom is -0.211 e. The van der Waals surface area contributed by atoms with Gasteiger partial charge in [-0.25, -0.2) is 4.79 Å². The van der Waals surface area contributed by atoms with E-state index in [1.165, 1.54) is 19.3 Å². The normalized spacial score (nSPS) is 40.1. The van der Waals surface area contributed by atoms with E-state index in [-0.39, 0.29) is 5.41 Å². The largest absolute Gasteiger partial charge is 0.240 e. The van der Waals surface area contributed by atoms with Gasteiger partial charge in [-0.15, -0.1) is 0 Å². The second-order valence-electron chi connectivity index (χ2n) is 3.82. The molecule has 2 bridgehead atoms. The highest BCUT2D eigenvalue weighted by atomic mass is 16.1. The molecule has 2 rings (SSSR count). The van der Waals surface area contributed by atoms with Crippen LogP contribution in [-0.4, -0.2) is 6.08 Å². The SMILES string of the molecule is CC12CCC(C=C1N=C=O)C2. The first-order valence-corrected chi connectivity index (χ1v) is 4.05. The molecule has 0 N–H and O–H groups in total. The van der Waals surface area contributed by atoms with Crippen LogP contribution in [0.15, 0.2) is 16.8 Å². The Bertz CT molecular complexity index is 263. The molecule has 11 heavy (non-hydrogen) atoms. The third-order valence-corrected chi connectivity index (χ3v) is 2.96. The maximum Gasteiger partial charge on any atom is 0.240 e. The standard InChI is InChI=1S/C9H11NO/c1-9-3-2-7(5-9)4-8(9)10-6-11/h4,7H,2-3,5H2,1H3. The van der Waals surface area contributed by atoms with E-state index in [0.717, 1.165) is 5.70 Å². The van der Waals surface area contributed by atoms with Gasteiger partial charge in [0, 0.05) is 5.41 Å². The number of nitrogens with zero attached hydrogens (tertiary/aromatic N) is 1. The van der Waals surface area contributed by atoms with Crippen molar-refractivity contribution in [1.29, 1.82) is 0 Å². The molecule has 0 amide bonds. The molecule has 0 aromatic heterocycles. The highest BCUT2D eigenvalue weighted by molar-refractivity contribution is 5.40. The Morgan fingerprint density at radius 3 is 3.09 bits per heavy atom. The average molecular weight is 149 g/mol. The van der Waals surface area contributed by atoms with E-state index in [9.17, 15) is 4.79 Å². The zero-order chi connectivity index (χ0) is 7.90. The Morgan fingerprint density at radius 2 is 2.64 bits per heavy atom. The molecule has 1 saturated carbocycles. The second-order valence-corrected chi connectivity index (χ2v) is 3.82. The molecular formula is C9H11NO. The fraction of sp³-hybridized carbons (Fsp3) is 0.667. The van der Waals surface area contributed by atoms with Crippen LogP contribution in [0.5, 0.6) is 0 Å². The minimum atomic E-state index is 0.210. The Morgan fingerprint density at radius 1 is 1.82 bits per heavy atom. The lowest BCUT2D eigenvalue weighted by Gasteiger charge is -2.20. The van der Waals surface area contributed by atoms with Gasteiger partial charge >= 0.3 is 0 Å². The van der Waals surface area contributed by atoms with E-state index in [2.05, 4.69) is 18.0 Å². The Hall–Kier alpha value is -0.880. The molecule has 0 heterocycles. The molecule has 2 atom stereocenters. The number of allylic oxidation sites excluding steroid dienone is 2. The van der Waals surface area contributed by atoms with Gasteiger partial charge in [-0.05, 0) is 25.2 Å². The smallest absolute Gasteiger partial charge is 0.211 e. The molecule has 0 radical (unpaired) electrons. The van der Waals surface area contributed by atoms with Gasteiger partial charge in [0.25, 0.3) is 0 Å². The number of aliphatic imine (C=N–C) groups is 1. The van der Waals surface area contributed by atoms with Gasteiger partial charge in [-0.3, -0.25) is 0 Å². The zero-order valence-electron chi connectivity index (χ0n) is 6.63. The van der Waals surface area contributed by atoms with Crippen LogP contribution in [0.2, 0.25) is 0 Å². The van der Waals surface area contributed by atoms with Crippen molar-refractivity contribution in [3.05, 3.63) is 11.8 Å². The van der Waals surface area contributed by atoms with Crippen LogP contribution in [0.4, 0.5) is 0 Å². The number of hydrogen-bond acceptors (Lipinski definition) is 2. The number of hydrogen-bond donors (Lipinski definition) is 0. The van der Waals surface area contributed by atoms with Crippen molar-refractivity contribution in [2.45, 2.75) is 26.2 Å². The van der Waals surface area contributed by atoms with E-state index in [4.69, 9.17) is 0 Å². The summed E-state index contributed by atoms with van der Waals surface area (Å²) in [6.07, 6.45) is 7.41. The van der Waals surface area contributed by atoms with Crippen LogP contribution in [0.25, 0.3) is 0 Å². The van der Waals surface area contributed by atoms with Gasteiger partial charge in [0.05, 0.1) is 5.70 Å². The van der Waals surface area contributed by atoms with Crippen molar-refractivity contribution in [1.82, 2.24) is 0 Å². The molecular weight excluding hydrogens is 138 g/mol. The van der Waals surface area contributed by atoms with Crippen molar-refractivity contribution >= 4 is 6.08 Å². The topological polar surface area (TPSA) is 29.4 Å². The summed E-state index contributed by atoms with van der Waals surface area (Å²) < 4.78 is 0. The van der Waals surface area contributed by atoms with Gasteiger partial charge in [-0.1, -0.05) is 13.0 Å². The number of rotatable bonds is 1. The minimum absolute atomic E-state index is 0.210. The van der Waals surface area contributed by atoms with Crippen molar-refractivity contribution < 1.29 is 4.79 Å². The van der Waals surface area contributed by atoms with Crippen LogP contribution < -0.4 is 0 Å². The summed E-state index contributed by atoms with van der Waals surface area (Å²) in [4.78, 5) is 13.8. The molecule has 0 aromatic rings. The fourth-order valence-electron chi connectivity index (χ4n) is 2.31. The van der Waals surface area contributed by atoms with E-state index in [0.29, 0.717) is 5.92 Å². The molecule has 58 valence electrons. The van der Waals surface area contributed by atoms with E-state index >= 15 is 0 Å². The van der Waals surface area contributed by atoms with Gasteiger partial charge in [-0.2, -0.15) is 4.99 Å². The predicted molar refractivity (Wildman–Crippen MR) is 41.7 cm³/mol. The zero-order valence-corrected chi connectivity index (χ0v) is 6.63. The van der Waals surface area contributed by atoms with Gasteiger partial charge in [0.15, 0.2) is 0 Å². The maximum absolute atomic E-state index is 10.0. The average Bonchev–Trinajstić information content (AvgIpc) is 2.44. The van der Waals surface area contributed by atoms with Crippen LogP contribution in [0.3, 0.4) is 0 Å². The molecule has 1 fully saturated rings. The first-order chi connectivity index (χ1) is 5.24. The Labute approximate surface area is 66.0 Å². The van der Waals surface area contributed by atoms with Crippen LogP contribution in [0, 0.1) is 11.3 Å². The van der Waals surface area contributed by atoms with Crippen LogP contribution >= 0.6 is 0 Å². The van der Waals surface area contributed by atoms with E-state index < -0.39 is 0 Å². The molecule has 0 aliphatic heterocycles. The van der Waals surface area contributed by atoms with Crippen molar-refractivity contribution in [3.63, 3.8) is 0 Å². The molecule has 2 heteroatoms. The molecule has 2 unspecified atom stereocenters. The highest BCUT2D eigenvalue weighted by Gasteiger charge is 2.43. The fourth-order valence-corrected chi connectivity index (χ4v) is 2.31. The monoisotopic (exact) mass is 149 g/mol. The van der Waals surface area contributed by atoms with Crippen molar-refractivity contribution in [2.75, 3.05) is 0 Å². The molecule has 2 aliphatic carbocycles. The third-order valence-electron chi connectivity index (χ3n) is 2.96. The van der Waals surface area contributed by atoms with Gasteiger partial charge in [0.1, 0.15) is 0 Å². The molecule has 0 aromatic carbocycles. The first kappa shape index (κ1) is 6.81. The van der Waals surface area contributed by atoms with E-state index in [1.54, 1.807) is 6.08 Å². The first-order valence-electron chi connectivity index (χ1n) is 4.05. The summed E-state index contributed by atoms with van der Waals surface area (Å²) in [5.41, 5.74) is 1.19. The summed E-state index contributed by atoms with van der Waals surface area (Å²) in [5.74, 6) is 0.687. The van der Waals surface area contributed by atoms with Crippen LogP contribution in [-0.2, 0) is 4.79 Å². The molecule has 2 nitrogen and oxygen atoms in total. The number of carbonyl (C=O) groups excluding carboxylic acids is 1. The summed E-state index contributed by atoms with van der Waals surface area (Å²) in [6, 6.07) is 0. The number of fused-ring (bicyclic) bond motifs is 2. The summed E-state index contributed by atoms with van der Waals surface area (Å²) >= 11 is 0. The van der Waals surface area contributed by atoms with Crippen molar-refractivity contribution in [2.24, 2.45) is 16.3 Å². The molecule has 0 saturated heterocycles. The number of isocyanates is 1. The lowest BCUT2D eigenvalue weighted by Crippen LogP contribution is -2.10. The molecule has 2 aliphatic rings. The van der Waals surface area contributed by atoms with E-state index in [1.807, 2.05) is 0 Å². The lowest BCUT2D eigenvalue weighted by molar-refractivity contribution is 0.420. The van der Waals surface area contributed by atoms with Gasteiger partial charge < -0.3 is 0 Å².